The van der Waals surface area contributed by atoms with Crippen LogP contribution >= 0.6 is 22.9 Å². The van der Waals surface area contributed by atoms with Gasteiger partial charge in [-0.25, -0.2) is 0 Å². The quantitative estimate of drug-likeness (QED) is 0.781. The lowest BCUT2D eigenvalue weighted by atomic mass is 9.93. The fraction of sp³-hybridized carbons (Fsp3) is 0.545. The van der Waals surface area contributed by atoms with Gasteiger partial charge in [0, 0.05) is 13.6 Å². The van der Waals surface area contributed by atoms with E-state index in [1.807, 2.05) is 37.9 Å². The van der Waals surface area contributed by atoms with E-state index in [0.717, 1.165) is 9.34 Å². The number of rotatable bonds is 4. The standard InChI is InChI=1S/C11H16ClNO2S/c1-11(2,10(14)15-4)7-13(3)9-6-5-8(12)16-9/h5-6H,7H2,1-4H3. The molecule has 0 aliphatic carbocycles. The molecule has 1 aromatic rings. The fourth-order valence-electron chi connectivity index (χ4n) is 1.52. The van der Waals surface area contributed by atoms with Crippen molar-refractivity contribution in [3.63, 3.8) is 0 Å². The van der Waals surface area contributed by atoms with Gasteiger partial charge in [-0.15, -0.1) is 11.3 Å². The van der Waals surface area contributed by atoms with Crippen LogP contribution in [0.5, 0.6) is 0 Å². The summed E-state index contributed by atoms with van der Waals surface area (Å²) in [5, 5.41) is 1.04. The van der Waals surface area contributed by atoms with Gasteiger partial charge in [0.2, 0.25) is 0 Å². The van der Waals surface area contributed by atoms with Gasteiger partial charge in [-0.2, -0.15) is 0 Å². The predicted molar refractivity (Wildman–Crippen MR) is 68.4 cm³/mol. The Bertz CT molecular complexity index is 376. The molecule has 0 radical (unpaired) electrons. The van der Waals surface area contributed by atoms with Crippen LogP contribution in [0.1, 0.15) is 13.8 Å². The first-order valence-electron chi connectivity index (χ1n) is 4.92. The van der Waals surface area contributed by atoms with Gasteiger partial charge in [-0.05, 0) is 26.0 Å². The van der Waals surface area contributed by atoms with E-state index in [2.05, 4.69) is 0 Å². The highest BCUT2D eigenvalue weighted by Gasteiger charge is 2.30. The Morgan fingerprint density at radius 3 is 2.62 bits per heavy atom. The molecule has 16 heavy (non-hydrogen) atoms. The van der Waals surface area contributed by atoms with Crippen LogP contribution in [-0.2, 0) is 9.53 Å². The van der Waals surface area contributed by atoms with Gasteiger partial charge in [-0.1, -0.05) is 11.6 Å². The Morgan fingerprint density at radius 2 is 2.19 bits per heavy atom. The number of ether oxygens (including phenoxy) is 1. The number of carbonyl (C=O) groups is 1. The Labute approximate surface area is 105 Å². The molecular formula is C11H16ClNO2S. The van der Waals surface area contributed by atoms with E-state index in [1.165, 1.54) is 18.4 Å². The SMILES string of the molecule is COC(=O)C(C)(C)CN(C)c1ccc(Cl)s1. The summed E-state index contributed by atoms with van der Waals surface area (Å²) < 4.78 is 5.52. The zero-order valence-electron chi connectivity index (χ0n) is 9.91. The van der Waals surface area contributed by atoms with E-state index in [1.54, 1.807) is 0 Å². The van der Waals surface area contributed by atoms with E-state index in [0.29, 0.717) is 6.54 Å². The van der Waals surface area contributed by atoms with E-state index in [-0.39, 0.29) is 5.97 Å². The summed E-state index contributed by atoms with van der Waals surface area (Å²) >= 11 is 7.36. The molecular weight excluding hydrogens is 246 g/mol. The number of methoxy groups -OCH3 is 1. The number of nitrogens with zero attached hydrogens (tertiary/aromatic N) is 1. The highest BCUT2D eigenvalue weighted by atomic mass is 35.5. The number of thiophene rings is 1. The lowest BCUT2D eigenvalue weighted by Gasteiger charge is -2.28. The van der Waals surface area contributed by atoms with E-state index >= 15 is 0 Å². The molecule has 0 spiro atoms. The van der Waals surface area contributed by atoms with Gasteiger partial charge >= 0.3 is 5.97 Å². The Morgan fingerprint density at radius 1 is 1.56 bits per heavy atom. The number of hydrogen-bond acceptors (Lipinski definition) is 4. The van der Waals surface area contributed by atoms with Crippen LogP contribution < -0.4 is 4.90 Å². The van der Waals surface area contributed by atoms with E-state index in [9.17, 15) is 4.79 Å². The summed E-state index contributed by atoms with van der Waals surface area (Å²) in [4.78, 5) is 13.5. The number of hydrogen-bond donors (Lipinski definition) is 0. The maximum atomic E-state index is 11.5. The van der Waals surface area contributed by atoms with Crippen molar-refractivity contribution in [1.29, 1.82) is 0 Å². The molecule has 0 aliphatic heterocycles. The maximum absolute atomic E-state index is 11.5. The minimum atomic E-state index is -0.528. The molecule has 0 aromatic carbocycles. The van der Waals surface area contributed by atoms with Crippen molar-refractivity contribution in [3.05, 3.63) is 16.5 Å². The summed E-state index contributed by atoms with van der Waals surface area (Å²) in [7, 11) is 3.35. The molecule has 1 aromatic heterocycles. The number of carbonyl (C=O) groups excluding carboxylic acids is 1. The van der Waals surface area contributed by atoms with Crippen LogP contribution in [0.3, 0.4) is 0 Å². The van der Waals surface area contributed by atoms with Crippen molar-refractivity contribution in [2.75, 3.05) is 25.6 Å². The molecule has 5 heteroatoms. The average molecular weight is 262 g/mol. The zero-order valence-corrected chi connectivity index (χ0v) is 11.5. The van der Waals surface area contributed by atoms with E-state index in [4.69, 9.17) is 16.3 Å². The molecule has 0 saturated carbocycles. The van der Waals surface area contributed by atoms with Gasteiger partial charge in [-0.3, -0.25) is 4.79 Å². The normalized spacial score (nSPS) is 11.3. The third-order valence-electron chi connectivity index (χ3n) is 2.31. The van der Waals surface area contributed by atoms with Crippen LogP contribution in [0.15, 0.2) is 12.1 Å². The van der Waals surface area contributed by atoms with Crippen LogP contribution in [-0.4, -0.2) is 26.7 Å². The molecule has 0 saturated heterocycles. The highest BCUT2D eigenvalue weighted by Crippen LogP contribution is 2.31. The molecule has 1 rings (SSSR count). The van der Waals surface area contributed by atoms with Gasteiger partial charge in [0.05, 0.1) is 21.9 Å². The van der Waals surface area contributed by atoms with Gasteiger partial charge < -0.3 is 9.64 Å². The number of halogens is 1. The minimum Gasteiger partial charge on any atom is -0.469 e. The van der Waals surface area contributed by atoms with Gasteiger partial charge in [0.15, 0.2) is 0 Å². The average Bonchev–Trinajstić information content (AvgIpc) is 2.63. The molecule has 3 nitrogen and oxygen atoms in total. The molecule has 0 unspecified atom stereocenters. The smallest absolute Gasteiger partial charge is 0.313 e. The van der Waals surface area contributed by atoms with Gasteiger partial charge in [0.1, 0.15) is 0 Å². The van der Waals surface area contributed by atoms with Crippen molar-refractivity contribution in [1.82, 2.24) is 0 Å². The van der Waals surface area contributed by atoms with Crippen molar-refractivity contribution < 1.29 is 9.53 Å². The first-order chi connectivity index (χ1) is 7.36. The summed E-state index contributed by atoms with van der Waals surface area (Å²) in [6, 6.07) is 3.80. The van der Waals surface area contributed by atoms with E-state index < -0.39 is 5.41 Å². The summed E-state index contributed by atoms with van der Waals surface area (Å²) in [5.74, 6) is -0.206. The Balaban J connectivity index is 2.70. The zero-order chi connectivity index (χ0) is 12.3. The molecule has 0 amide bonds. The summed E-state index contributed by atoms with van der Waals surface area (Å²) in [6.45, 7) is 4.33. The van der Waals surface area contributed by atoms with Crippen molar-refractivity contribution in [3.8, 4) is 0 Å². The summed E-state index contributed by atoms with van der Waals surface area (Å²) in [5.41, 5.74) is -0.528. The van der Waals surface area contributed by atoms with Crippen molar-refractivity contribution >= 4 is 33.9 Å². The van der Waals surface area contributed by atoms with Crippen LogP contribution in [0, 0.1) is 5.41 Å². The molecule has 0 bridgehead atoms. The second-order valence-electron chi connectivity index (χ2n) is 4.31. The fourth-order valence-corrected chi connectivity index (χ4v) is 2.51. The number of anilines is 1. The monoisotopic (exact) mass is 261 g/mol. The third-order valence-corrected chi connectivity index (χ3v) is 3.65. The van der Waals surface area contributed by atoms with Crippen molar-refractivity contribution in [2.24, 2.45) is 5.41 Å². The lowest BCUT2D eigenvalue weighted by molar-refractivity contribution is -0.150. The van der Waals surface area contributed by atoms with Crippen molar-refractivity contribution in [2.45, 2.75) is 13.8 Å². The largest absolute Gasteiger partial charge is 0.469 e. The lowest BCUT2D eigenvalue weighted by Crippen LogP contribution is -2.37. The molecule has 0 atom stereocenters. The third kappa shape index (κ3) is 3.12. The topological polar surface area (TPSA) is 29.5 Å². The van der Waals surface area contributed by atoms with Crippen LogP contribution in [0.25, 0.3) is 0 Å². The highest BCUT2D eigenvalue weighted by molar-refractivity contribution is 7.19. The molecule has 90 valence electrons. The predicted octanol–water partition coefficient (Wildman–Crippen LogP) is 3.04. The minimum absolute atomic E-state index is 0.206. The molecule has 1 heterocycles. The molecule has 0 aliphatic rings. The number of esters is 1. The summed E-state index contributed by atoms with van der Waals surface area (Å²) in [6.07, 6.45) is 0. The maximum Gasteiger partial charge on any atom is 0.313 e. The first-order valence-corrected chi connectivity index (χ1v) is 6.11. The second kappa shape index (κ2) is 5.06. The molecule has 0 N–H and O–H groups in total. The second-order valence-corrected chi connectivity index (χ2v) is 6.00. The molecule has 0 fully saturated rings. The first kappa shape index (κ1) is 13.3. The van der Waals surface area contributed by atoms with Crippen LogP contribution in [0.2, 0.25) is 4.34 Å². The Hall–Kier alpha value is -0.740. The Kier molecular flexibility index (Phi) is 4.21. The van der Waals surface area contributed by atoms with Crippen LogP contribution in [0.4, 0.5) is 5.00 Å². The van der Waals surface area contributed by atoms with Gasteiger partial charge in [0.25, 0.3) is 0 Å².